The number of aliphatic carboxylic acids is 1. The van der Waals surface area contributed by atoms with Gasteiger partial charge in [-0.05, 0) is 23.8 Å². The first-order valence-corrected chi connectivity index (χ1v) is 9.83. The van der Waals surface area contributed by atoms with Crippen molar-refractivity contribution in [3.63, 3.8) is 0 Å². The Morgan fingerprint density at radius 2 is 1.72 bits per heavy atom. The molecule has 4 N–H and O–H groups in total. The predicted octanol–water partition coefficient (Wildman–Crippen LogP) is 0.571. The van der Waals surface area contributed by atoms with Crippen LogP contribution in [0.4, 0.5) is 0 Å². The number of phenolic OH excluding ortho intramolecular Hbond substituents is 1. The number of hydrogen-bond donors (Lipinski definition) is 4. The van der Waals surface area contributed by atoms with E-state index >= 15 is 0 Å². The molecule has 1 aliphatic heterocycles. The lowest BCUT2D eigenvalue weighted by Gasteiger charge is -2.20. The highest BCUT2D eigenvalue weighted by molar-refractivity contribution is 5.93. The van der Waals surface area contributed by atoms with E-state index in [9.17, 15) is 24.6 Å². The van der Waals surface area contributed by atoms with Crippen molar-refractivity contribution in [2.24, 2.45) is 0 Å². The molecule has 1 heterocycles. The maximum Gasteiger partial charge on any atom is 0.326 e. The zero-order valence-electron chi connectivity index (χ0n) is 17.3. The molecular weight excluding hydrogens is 420 g/mol. The van der Waals surface area contributed by atoms with Gasteiger partial charge in [-0.1, -0.05) is 30.3 Å². The molecule has 1 aliphatic rings. The van der Waals surface area contributed by atoms with E-state index in [-0.39, 0.29) is 25.5 Å². The van der Waals surface area contributed by atoms with Gasteiger partial charge in [0.15, 0.2) is 12.2 Å². The molecule has 0 aromatic heterocycles. The lowest BCUT2D eigenvalue weighted by atomic mass is 10.0. The molecule has 3 rings (SSSR count). The van der Waals surface area contributed by atoms with Crippen LogP contribution >= 0.6 is 0 Å². The van der Waals surface area contributed by atoms with Crippen LogP contribution < -0.4 is 15.4 Å². The number of methoxy groups -OCH3 is 1. The largest absolute Gasteiger partial charge is 0.508 e. The second-order valence-corrected chi connectivity index (χ2v) is 7.09. The van der Waals surface area contributed by atoms with Crippen LogP contribution in [0.5, 0.6) is 11.5 Å². The van der Waals surface area contributed by atoms with E-state index in [1.54, 1.807) is 36.4 Å². The molecule has 2 aromatic rings. The maximum atomic E-state index is 12.7. The summed E-state index contributed by atoms with van der Waals surface area (Å²) >= 11 is 0. The monoisotopic (exact) mass is 444 g/mol. The van der Waals surface area contributed by atoms with Gasteiger partial charge in [-0.25, -0.2) is 4.79 Å². The van der Waals surface area contributed by atoms with Gasteiger partial charge in [-0.15, -0.1) is 0 Å². The molecule has 10 heteroatoms. The minimum Gasteiger partial charge on any atom is -0.508 e. The molecule has 0 bridgehead atoms. The number of nitrogens with one attached hydrogen (secondary N) is 2. The summed E-state index contributed by atoms with van der Waals surface area (Å²) in [5.74, 6) is -1.94. The summed E-state index contributed by atoms with van der Waals surface area (Å²) in [6.07, 6.45) is -2.54. The molecule has 1 fully saturated rings. The maximum absolute atomic E-state index is 12.7. The molecule has 0 saturated carbocycles. The average molecular weight is 444 g/mol. The highest BCUT2D eigenvalue weighted by Gasteiger charge is 2.41. The first-order valence-electron chi connectivity index (χ1n) is 9.83. The second kappa shape index (κ2) is 10.6. The van der Waals surface area contributed by atoms with Gasteiger partial charge in [0.25, 0.3) is 11.8 Å². The number of carbonyl (C=O) groups excluding carboxylic acids is 2. The lowest BCUT2D eigenvalue weighted by molar-refractivity contribution is -0.144. The summed E-state index contributed by atoms with van der Waals surface area (Å²) in [6.45, 7) is -0.129. The van der Waals surface area contributed by atoms with Crippen molar-refractivity contribution in [1.82, 2.24) is 10.6 Å². The fourth-order valence-corrected chi connectivity index (χ4v) is 3.24. The van der Waals surface area contributed by atoms with Crippen LogP contribution in [0.2, 0.25) is 0 Å². The first kappa shape index (κ1) is 23.0. The smallest absolute Gasteiger partial charge is 0.326 e. The first-order chi connectivity index (χ1) is 15.4. The quantitative estimate of drug-likeness (QED) is 0.440. The Kier molecular flexibility index (Phi) is 7.63. The Morgan fingerprint density at radius 1 is 1.06 bits per heavy atom. The Morgan fingerprint density at radius 3 is 2.38 bits per heavy atom. The van der Waals surface area contributed by atoms with Crippen molar-refractivity contribution in [2.45, 2.75) is 31.2 Å². The number of rotatable bonds is 9. The van der Waals surface area contributed by atoms with Gasteiger partial charge in [0.1, 0.15) is 24.3 Å². The van der Waals surface area contributed by atoms with Gasteiger partial charge < -0.3 is 35.1 Å². The highest BCUT2D eigenvalue weighted by atomic mass is 16.7. The van der Waals surface area contributed by atoms with E-state index in [2.05, 4.69) is 10.6 Å². The second-order valence-electron chi connectivity index (χ2n) is 7.09. The van der Waals surface area contributed by atoms with Crippen LogP contribution in [0.1, 0.15) is 11.1 Å². The molecule has 1 saturated heterocycles. The molecular formula is C22H24N2O8. The third kappa shape index (κ3) is 5.74. The summed E-state index contributed by atoms with van der Waals surface area (Å²) in [6, 6.07) is 11.8. The van der Waals surface area contributed by atoms with E-state index < -0.39 is 36.0 Å². The molecule has 2 aromatic carbocycles. The van der Waals surface area contributed by atoms with Crippen molar-refractivity contribution in [3.05, 3.63) is 59.7 Å². The van der Waals surface area contributed by atoms with E-state index in [4.69, 9.17) is 14.2 Å². The molecule has 0 aliphatic carbocycles. The molecule has 0 radical (unpaired) electrons. The summed E-state index contributed by atoms with van der Waals surface area (Å²) in [5, 5.41) is 23.9. The summed E-state index contributed by atoms with van der Waals surface area (Å²) in [4.78, 5) is 36.9. The SMILES string of the molecule is COc1ccccc1CNC(=O)C1OCOC1C(=O)NC(Cc1ccc(O)cc1)C(=O)O. The van der Waals surface area contributed by atoms with Crippen LogP contribution in [-0.4, -0.2) is 60.1 Å². The normalized spacial score (nSPS) is 18.5. The van der Waals surface area contributed by atoms with Crippen LogP contribution in [0.25, 0.3) is 0 Å². The zero-order valence-corrected chi connectivity index (χ0v) is 17.3. The van der Waals surface area contributed by atoms with Gasteiger partial charge in [-0.3, -0.25) is 9.59 Å². The highest BCUT2D eigenvalue weighted by Crippen LogP contribution is 2.18. The lowest BCUT2D eigenvalue weighted by Crippen LogP contribution is -2.52. The van der Waals surface area contributed by atoms with E-state index in [0.29, 0.717) is 11.3 Å². The summed E-state index contributed by atoms with van der Waals surface area (Å²) < 4.78 is 15.8. The van der Waals surface area contributed by atoms with Gasteiger partial charge in [0, 0.05) is 18.5 Å². The number of carbonyl (C=O) groups is 3. The van der Waals surface area contributed by atoms with Gasteiger partial charge in [0.2, 0.25) is 0 Å². The number of para-hydroxylation sites is 1. The number of carboxylic acid groups (broad SMARTS) is 1. The Bertz CT molecular complexity index is 963. The molecule has 0 spiro atoms. The number of carboxylic acids is 1. The third-order valence-corrected chi connectivity index (χ3v) is 4.92. The summed E-state index contributed by atoms with van der Waals surface area (Å²) in [7, 11) is 1.52. The van der Waals surface area contributed by atoms with Crippen LogP contribution in [0.3, 0.4) is 0 Å². The minimum atomic E-state index is -1.30. The van der Waals surface area contributed by atoms with Crippen molar-refractivity contribution in [3.8, 4) is 11.5 Å². The van der Waals surface area contributed by atoms with E-state index in [0.717, 1.165) is 5.56 Å². The number of benzene rings is 2. The summed E-state index contributed by atoms with van der Waals surface area (Å²) in [5.41, 5.74) is 1.34. The van der Waals surface area contributed by atoms with Crippen molar-refractivity contribution in [1.29, 1.82) is 0 Å². The van der Waals surface area contributed by atoms with Crippen LogP contribution in [0.15, 0.2) is 48.5 Å². The molecule has 10 nitrogen and oxygen atoms in total. The van der Waals surface area contributed by atoms with Crippen molar-refractivity contribution < 1.29 is 38.8 Å². The minimum absolute atomic E-state index is 0.0143. The Balaban J connectivity index is 1.61. The average Bonchev–Trinajstić information content (AvgIpc) is 3.28. The van der Waals surface area contributed by atoms with Gasteiger partial charge >= 0.3 is 5.97 Å². The Labute approximate surface area is 184 Å². The molecule has 2 amide bonds. The topological polar surface area (TPSA) is 143 Å². The van der Waals surface area contributed by atoms with Gasteiger partial charge in [-0.2, -0.15) is 0 Å². The fourth-order valence-electron chi connectivity index (χ4n) is 3.24. The fraction of sp³-hybridized carbons (Fsp3) is 0.318. The molecule has 170 valence electrons. The number of ether oxygens (including phenoxy) is 3. The third-order valence-electron chi connectivity index (χ3n) is 4.92. The Hall–Kier alpha value is -3.63. The predicted molar refractivity (Wildman–Crippen MR) is 111 cm³/mol. The molecule has 3 unspecified atom stereocenters. The number of aromatic hydroxyl groups is 1. The van der Waals surface area contributed by atoms with E-state index in [1.165, 1.54) is 19.2 Å². The van der Waals surface area contributed by atoms with Crippen molar-refractivity contribution >= 4 is 17.8 Å². The van der Waals surface area contributed by atoms with Crippen LogP contribution in [-0.2, 0) is 36.8 Å². The van der Waals surface area contributed by atoms with Crippen molar-refractivity contribution in [2.75, 3.05) is 13.9 Å². The number of amides is 2. The zero-order chi connectivity index (χ0) is 23.1. The molecule has 32 heavy (non-hydrogen) atoms. The van der Waals surface area contributed by atoms with E-state index in [1.807, 2.05) is 0 Å². The number of hydrogen-bond acceptors (Lipinski definition) is 7. The standard InChI is InChI=1S/C22H24N2O8/c1-30-17-5-3-2-4-14(17)11-23-20(26)18-19(32-12-31-18)21(27)24-16(22(28)29)10-13-6-8-15(25)9-7-13/h2-9,16,18-19,25H,10-12H2,1H3,(H,23,26)(H,24,27)(H,28,29). The molecule has 3 atom stereocenters. The van der Waals surface area contributed by atoms with Gasteiger partial charge in [0.05, 0.1) is 7.11 Å². The van der Waals surface area contributed by atoms with Crippen LogP contribution in [0, 0.1) is 0 Å². The number of phenols is 1.